The van der Waals surface area contributed by atoms with Gasteiger partial charge in [-0.1, -0.05) is 107 Å². The largest absolute Gasteiger partial charge is 0.373 e. The fourth-order valence-electron chi connectivity index (χ4n) is 6.86. The third kappa shape index (κ3) is 3.10. The molecule has 0 atom stereocenters. The van der Waals surface area contributed by atoms with Gasteiger partial charge in [-0.05, 0) is 66.9 Å². The predicted octanol–water partition coefficient (Wildman–Crippen LogP) is 7.87. The molecule has 0 bridgehead atoms. The van der Waals surface area contributed by atoms with E-state index in [1.165, 1.54) is 22.3 Å². The summed E-state index contributed by atoms with van der Waals surface area (Å²) in [6.07, 6.45) is 0. The van der Waals surface area contributed by atoms with Crippen molar-refractivity contribution in [2.75, 3.05) is 7.05 Å². The fourth-order valence-corrected chi connectivity index (χ4v) is 6.86. The van der Waals surface area contributed by atoms with E-state index in [1.807, 2.05) is 7.05 Å². The minimum Gasteiger partial charge on any atom is -0.373 e. The van der Waals surface area contributed by atoms with E-state index < -0.39 is 0 Å². The second-order valence-electron chi connectivity index (χ2n) is 14.3. The third-order valence-electron chi connectivity index (χ3n) is 12.0. The first kappa shape index (κ1) is 26.6. The number of hydrogen-bond acceptors (Lipinski definition) is 1. The van der Waals surface area contributed by atoms with Crippen molar-refractivity contribution in [3.05, 3.63) is 69.8 Å². The second kappa shape index (κ2) is 7.55. The van der Waals surface area contributed by atoms with E-state index in [0.717, 1.165) is 17.0 Å². The Morgan fingerprint density at radius 2 is 0.944 bits per heavy atom. The van der Waals surface area contributed by atoms with Gasteiger partial charge in [-0.3, -0.25) is 5.41 Å². The van der Waals surface area contributed by atoms with Crippen LogP contribution in [0.1, 0.15) is 116 Å². The number of nitrogens with one attached hydrogen (secondary N) is 2. The van der Waals surface area contributed by atoms with Crippen LogP contribution in [0.25, 0.3) is 0 Å². The zero-order valence-electron chi connectivity index (χ0n) is 24.9. The monoisotopic (exact) mass is 485 g/mol. The lowest BCUT2D eigenvalue weighted by Crippen LogP contribution is -2.42. The molecule has 0 radical (unpaired) electrons. The fraction of sp³-hybridized carbons (Fsp3) is 0.576. The highest BCUT2D eigenvalue weighted by Crippen LogP contribution is 2.62. The molecule has 0 saturated carbocycles. The summed E-state index contributed by atoms with van der Waals surface area (Å²) in [4.78, 5) is 4.82. The van der Waals surface area contributed by atoms with Crippen molar-refractivity contribution in [3.63, 3.8) is 0 Å². The van der Waals surface area contributed by atoms with Crippen LogP contribution >= 0.6 is 0 Å². The molecule has 0 aliphatic heterocycles. The molecular formula is C33H47N3. The van der Waals surface area contributed by atoms with Crippen molar-refractivity contribution in [1.29, 1.82) is 5.41 Å². The molecule has 2 aliphatic rings. The van der Waals surface area contributed by atoms with Crippen molar-refractivity contribution in [2.45, 2.75) is 105 Å². The Morgan fingerprint density at radius 1 is 0.583 bits per heavy atom. The van der Waals surface area contributed by atoms with E-state index >= 15 is 0 Å². The van der Waals surface area contributed by atoms with Gasteiger partial charge in [0.25, 0.3) is 0 Å². The van der Waals surface area contributed by atoms with E-state index in [-0.39, 0.29) is 32.5 Å². The van der Waals surface area contributed by atoms with Gasteiger partial charge in [0.05, 0.1) is 0 Å². The lowest BCUT2D eigenvalue weighted by molar-refractivity contribution is 0.125. The molecule has 0 heterocycles. The molecule has 0 amide bonds. The van der Waals surface area contributed by atoms with Gasteiger partial charge in [-0.25, -0.2) is 4.99 Å². The highest BCUT2D eigenvalue weighted by molar-refractivity contribution is 6.10. The van der Waals surface area contributed by atoms with Crippen molar-refractivity contribution < 1.29 is 0 Å². The van der Waals surface area contributed by atoms with Crippen LogP contribution in [0.3, 0.4) is 0 Å². The number of hydrogen-bond donors (Lipinski definition) is 2. The molecule has 2 N–H and O–H groups in total. The molecule has 0 aromatic heterocycles. The summed E-state index contributed by atoms with van der Waals surface area (Å²) in [6, 6.07) is 13.3. The smallest absolute Gasteiger partial charge is 0.154 e. The van der Waals surface area contributed by atoms with Crippen LogP contribution in [0.5, 0.6) is 0 Å². The zero-order valence-corrected chi connectivity index (χ0v) is 24.9. The molecule has 2 aromatic rings. The first-order valence-electron chi connectivity index (χ1n) is 13.4. The SMILES string of the molecule is CN/C(=N\C(=N)c1ccc2c(c1)C(C)(C)C(C)(C)C2(C)C)c1ccc2c(c1)C(C)(C)C(C)(C)C2(C)C. The Bertz CT molecular complexity index is 1280. The Labute approximate surface area is 219 Å². The number of fused-ring (bicyclic) bond motifs is 2. The second-order valence-corrected chi connectivity index (χ2v) is 14.3. The maximum absolute atomic E-state index is 8.93. The molecule has 0 spiro atoms. The molecule has 4 rings (SSSR count). The molecule has 3 heteroatoms. The van der Waals surface area contributed by atoms with Gasteiger partial charge in [0, 0.05) is 18.2 Å². The summed E-state index contributed by atoms with van der Waals surface area (Å²) in [6.45, 7) is 28.3. The van der Waals surface area contributed by atoms with Crippen LogP contribution in [0.4, 0.5) is 0 Å². The van der Waals surface area contributed by atoms with Crippen molar-refractivity contribution in [2.24, 2.45) is 15.8 Å². The van der Waals surface area contributed by atoms with Gasteiger partial charge in [0.1, 0.15) is 5.84 Å². The molecule has 3 nitrogen and oxygen atoms in total. The Hall–Kier alpha value is -2.42. The van der Waals surface area contributed by atoms with Crippen molar-refractivity contribution in [1.82, 2.24) is 5.32 Å². The molecule has 0 unspecified atom stereocenters. The molecule has 2 aromatic carbocycles. The number of amidine groups is 2. The lowest BCUT2D eigenvalue weighted by atomic mass is 9.59. The first-order chi connectivity index (χ1) is 16.3. The molecule has 2 aliphatic carbocycles. The molecule has 36 heavy (non-hydrogen) atoms. The van der Waals surface area contributed by atoms with Gasteiger partial charge >= 0.3 is 0 Å². The van der Waals surface area contributed by atoms with Crippen LogP contribution in [0.15, 0.2) is 41.4 Å². The Kier molecular flexibility index (Phi) is 5.59. The number of benzene rings is 2. The predicted molar refractivity (Wildman–Crippen MR) is 155 cm³/mol. The highest BCUT2D eigenvalue weighted by Gasteiger charge is 2.57. The van der Waals surface area contributed by atoms with Gasteiger partial charge in [-0.15, -0.1) is 0 Å². The normalized spacial score (nSPS) is 23.6. The minimum atomic E-state index is 0.00282. The number of nitrogens with zero attached hydrogens (tertiary/aromatic N) is 1. The van der Waals surface area contributed by atoms with Crippen LogP contribution < -0.4 is 5.32 Å². The summed E-state index contributed by atoms with van der Waals surface area (Å²) in [5, 5.41) is 12.2. The van der Waals surface area contributed by atoms with Gasteiger partial charge < -0.3 is 5.32 Å². The number of aliphatic imine (C=N–C) groups is 1. The van der Waals surface area contributed by atoms with Crippen LogP contribution in [-0.4, -0.2) is 18.7 Å². The first-order valence-corrected chi connectivity index (χ1v) is 13.4. The summed E-state index contributed by atoms with van der Waals surface area (Å²) < 4.78 is 0. The van der Waals surface area contributed by atoms with E-state index in [4.69, 9.17) is 10.4 Å². The third-order valence-corrected chi connectivity index (χ3v) is 12.0. The standard InChI is InChI=1S/C33H47N3/c1-28(2)22-16-14-20(18-24(22)30(5,6)32(28,9)10)26(34)36-27(35-13)21-15-17-23-25(19-21)31(7,8)33(11,12)29(23,3)4/h14-19H,1-13H3,(H2,34,35,36). The zero-order chi connectivity index (χ0) is 27.3. The molecular weight excluding hydrogens is 438 g/mol. The molecule has 194 valence electrons. The summed E-state index contributed by atoms with van der Waals surface area (Å²) in [7, 11) is 1.90. The van der Waals surface area contributed by atoms with Crippen LogP contribution in [0.2, 0.25) is 0 Å². The Balaban J connectivity index is 1.76. The van der Waals surface area contributed by atoms with Crippen molar-refractivity contribution in [3.8, 4) is 0 Å². The average Bonchev–Trinajstić information content (AvgIpc) is 2.97. The van der Waals surface area contributed by atoms with Gasteiger partial charge in [0.15, 0.2) is 5.84 Å². The summed E-state index contributed by atoms with van der Waals surface area (Å²) in [5.74, 6) is 1.03. The van der Waals surface area contributed by atoms with E-state index in [1.54, 1.807) is 0 Å². The van der Waals surface area contributed by atoms with E-state index in [2.05, 4.69) is 125 Å². The van der Waals surface area contributed by atoms with Crippen molar-refractivity contribution >= 4 is 11.7 Å². The molecule has 0 saturated heterocycles. The Morgan fingerprint density at radius 3 is 1.36 bits per heavy atom. The van der Waals surface area contributed by atoms with Crippen LogP contribution in [0, 0.1) is 16.2 Å². The summed E-state index contributed by atoms with van der Waals surface area (Å²) >= 11 is 0. The highest BCUT2D eigenvalue weighted by atomic mass is 15.0. The lowest BCUT2D eigenvalue weighted by Gasteiger charge is -2.44. The van der Waals surface area contributed by atoms with E-state index in [0.29, 0.717) is 5.84 Å². The van der Waals surface area contributed by atoms with E-state index in [9.17, 15) is 0 Å². The van der Waals surface area contributed by atoms with Gasteiger partial charge in [-0.2, -0.15) is 0 Å². The van der Waals surface area contributed by atoms with Crippen LogP contribution in [-0.2, 0) is 21.7 Å². The maximum atomic E-state index is 8.93. The number of rotatable bonds is 2. The quantitative estimate of drug-likeness (QED) is 0.330. The summed E-state index contributed by atoms with van der Waals surface area (Å²) in [5.41, 5.74) is 7.80. The topological polar surface area (TPSA) is 48.2 Å². The average molecular weight is 486 g/mol. The molecule has 0 fully saturated rings. The maximum Gasteiger partial charge on any atom is 0.154 e. The van der Waals surface area contributed by atoms with Gasteiger partial charge in [0.2, 0.25) is 0 Å². The minimum absolute atomic E-state index is 0.00282.